The van der Waals surface area contributed by atoms with E-state index in [4.69, 9.17) is 9.47 Å². The number of nitrogens with one attached hydrogen (secondary N) is 1. The summed E-state index contributed by atoms with van der Waals surface area (Å²) in [5.74, 6) is 1.72. The van der Waals surface area contributed by atoms with Crippen molar-refractivity contribution >= 4 is 0 Å². The van der Waals surface area contributed by atoms with Gasteiger partial charge in [0.1, 0.15) is 0 Å². The smallest absolute Gasteiger partial charge is 0.0729 e. The summed E-state index contributed by atoms with van der Waals surface area (Å²) >= 11 is 0. The standard InChI is InChI=1S/C17H31NO2/c1-2-18-16(14-5-3-4-6-14)15-7-10-20-17(13-15)8-11-19-12-9-17/h14-16,18H,2-13H2,1H3. The van der Waals surface area contributed by atoms with E-state index in [9.17, 15) is 0 Å². The van der Waals surface area contributed by atoms with Crippen molar-refractivity contribution in [3.63, 3.8) is 0 Å². The van der Waals surface area contributed by atoms with Crippen LogP contribution in [0.15, 0.2) is 0 Å². The first kappa shape index (κ1) is 14.8. The first-order valence-electron chi connectivity index (χ1n) is 8.78. The molecule has 3 nitrogen and oxygen atoms in total. The molecule has 0 bridgehead atoms. The van der Waals surface area contributed by atoms with E-state index in [1.54, 1.807) is 0 Å². The summed E-state index contributed by atoms with van der Waals surface area (Å²) in [6, 6.07) is 0.728. The summed E-state index contributed by atoms with van der Waals surface area (Å²) in [6.45, 7) is 6.10. The normalized spacial score (nSPS) is 32.5. The van der Waals surface area contributed by atoms with Crippen LogP contribution in [0, 0.1) is 11.8 Å². The van der Waals surface area contributed by atoms with Gasteiger partial charge in [-0.2, -0.15) is 0 Å². The highest BCUT2D eigenvalue weighted by molar-refractivity contribution is 4.95. The monoisotopic (exact) mass is 281 g/mol. The molecule has 3 aliphatic rings. The molecule has 3 rings (SSSR count). The average molecular weight is 281 g/mol. The van der Waals surface area contributed by atoms with Crippen molar-refractivity contribution in [3.05, 3.63) is 0 Å². The van der Waals surface area contributed by atoms with Crippen LogP contribution in [0.4, 0.5) is 0 Å². The third-order valence-corrected chi connectivity index (χ3v) is 5.79. The lowest BCUT2D eigenvalue weighted by atomic mass is 9.74. The summed E-state index contributed by atoms with van der Waals surface area (Å²) in [4.78, 5) is 0. The van der Waals surface area contributed by atoms with E-state index in [-0.39, 0.29) is 5.60 Å². The van der Waals surface area contributed by atoms with Gasteiger partial charge >= 0.3 is 0 Å². The molecule has 2 saturated heterocycles. The van der Waals surface area contributed by atoms with E-state index in [0.29, 0.717) is 0 Å². The van der Waals surface area contributed by atoms with Crippen molar-refractivity contribution in [1.29, 1.82) is 0 Å². The Morgan fingerprint density at radius 3 is 2.50 bits per heavy atom. The Hall–Kier alpha value is -0.120. The van der Waals surface area contributed by atoms with Crippen molar-refractivity contribution in [1.82, 2.24) is 5.32 Å². The molecule has 0 aromatic carbocycles. The Balaban J connectivity index is 1.66. The molecule has 2 aliphatic heterocycles. The zero-order valence-corrected chi connectivity index (χ0v) is 13.0. The van der Waals surface area contributed by atoms with Crippen molar-refractivity contribution in [2.75, 3.05) is 26.4 Å². The zero-order valence-electron chi connectivity index (χ0n) is 13.0. The van der Waals surface area contributed by atoms with Crippen LogP contribution in [0.3, 0.4) is 0 Å². The fraction of sp³-hybridized carbons (Fsp3) is 1.00. The van der Waals surface area contributed by atoms with Gasteiger partial charge in [-0.05, 0) is 56.9 Å². The maximum Gasteiger partial charge on any atom is 0.0729 e. The van der Waals surface area contributed by atoms with Gasteiger partial charge in [-0.15, -0.1) is 0 Å². The quantitative estimate of drug-likeness (QED) is 0.859. The van der Waals surface area contributed by atoms with Gasteiger partial charge in [0.25, 0.3) is 0 Å². The minimum atomic E-state index is 0.146. The van der Waals surface area contributed by atoms with E-state index < -0.39 is 0 Å². The zero-order chi connectivity index (χ0) is 13.8. The fourth-order valence-electron chi connectivity index (χ4n) is 4.73. The largest absolute Gasteiger partial charge is 0.381 e. The maximum absolute atomic E-state index is 6.22. The molecule has 20 heavy (non-hydrogen) atoms. The van der Waals surface area contributed by atoms with Crippen LogP contribution in [0.1, 0.15) is 58.3 Å². The molecular formula is C17H31NO2. The third kappa shape index (κ3) is 3.20. The van der Waals surface area contributed by atoms with Gasteiger partial charge in [-0.3, -0.25) is 0 Å². The van der Waals surface area contributed by atoms with Crippen LogP contribution in [-0.4, -0.2) is 38.0 Å². The molecule has 3 heteroatoms. The van der Waals surface area contributed by atoms with Crippen LogP contribution in [-0.2, 0) is 9.47 Å². The fourth-order valence-corrected chi connectivity index (χ4v) is 4.73. The van der Waals surface area contributed by atoms with E-state index in [2.05, 4.69) is 12.2 Å². The van der Waals surface area contributed by atoms with Gasteiger partial charge in [-0.1, -0.05) is 19.8 Å². The van der Waals surface area contributed by atoms with Crippen LogP contribution in [0.25, 0.3) is 0 Å². The first-order valence-corrected chi connectivity index (χ1v) is 8.78. The molecule has 0 aromatic heterocycles. The van der Waals surface area contributed by atoms with Crippen LogP contribution in [0.2, 0.25) is 0 Å². The van der Waals surface area contributed by atoms with Crippen molar-refractivity contribution in [2.24, 2.45) is 11.8 Å². The van der Waals surface area contributed by atoms with Crippen LogP contribution >= 0.6 is 0 Å². The molecule has 1 spiro atoms. The third-order valence-electron chi connectivity index (χ3n) is 5.79. The Morgan fingerprint density at radius 1 is 1.05 bits per heavy atom. The Kier molecular flexibility index (Phi) is 5.00. The lowest BCUT2D eigenvalue weighted by Gasteiger charge is -2.46. The highest BCUT2D eigenvalue weighted by atomic mass is 16.5. The van der Waals surface area contributed by atoms with Crippen LogP contribution < -0.4 is 5.32 Å². The summed E-state index contributed by atoms with van der Waals surface area (Å²) < 4.78 is 11.8. The van der Waals surface area contributed by atoms with Gasteiger partial charge in [0, 0.05) is 25.9 Å². The summed E-state index contributed by atoms with van der Waals surface area (Å²) in [7, 11) is 0. The SMILES string of the molecule is CCNC(C1CCCC1)C1CCOC2(CCOCC2)C1. The highest BCUT2D eigenvalue weighted by Crippen LogP contribution is 2.41. The van der Waals surface area contributed by atoms with Gasteiger partial charge in [0.15, 0.2) is 0 Å². The topological polar surface area (TPSA) is 30.5 Å². The molecule has 0 amide bonds. The van der Waals surface area contributed by atoms with Crippen molar-refractivity contribution < 1.29 is 9.47 Å². The maximum atomic E-state index is 6.22. The summed E-state index contributed by atoms with van der Waals surface area (Å²) in [5, 5.41) is 3.83. The van der Waals surface area contributed by atoms with Crippen molar-refractivity contribution in [2.45, 2.75) is 69.9 Å². The number of hydrogen-bond donors (Lipinski definition) is 1. The summed E-state index contributed by atoms with van der Waals surface area (Å²) in [5.41, 5.74) is 0.146. The lowest BCUT2D eigenvalue weighted by Crippen LogP contribution is -2.51. The van der Waals surface area contributed by atoms with Gasteiger partial charge in [-0.25, -0.2) is 0 Å². The highest BCUT2D eigenvalue weighted by Gasteiger charge is 2.42. The lowest BCUT2D eigenvalue weighted by molar-refractivity contribution is -0.151. The molecule has 2 unspecified atom stereocenters. The van der Waals surface area contributed by atoms with Crippen LogP contribution in [0.5, 0.6) is 0 Å². The number of hydrogen-bond acceptors (Lipinski definition) is 3. The Labute approximate surface area is 123 Å². The molecular weight excluding hydrogens is 250 g/mol. The molecule has 0 aromatic rings. The predicted octanol–water partition coefficient (Wildman–Crippen LogP) is 3.13. The average Bonchev–Trinajstić information content (AvgIpc) is 2.99. The Bertz CT molecular complexity index is 290. The molecule has 2 atom stereocenters. The molecule has 3 fully saturated rings. The molecule has 116 valence electrons. The van der Waals surface area contributed by atoms with E-state index >= 15 is 0 Å². The van der Waals surface area contributed by atoms with Gasteiger partial charge < -0.3 is 14.8 Å². The second kappa shape index (κ2) is 6.76. The molecule has 0 radical (unpaired) electrons. The molecule has 1 aliphatic carbocycles. The number of ether oxygens (including phenoxy) is 2. The molecule has 1 N–H and O–H groups in total. The summed E-state index contributed by atoms with van der Waals surface area (Å²) in [6.07, 6.45) is 10.5. The van der Waals surface area contributed by atoms with E-state index in [1.807, 2.05) is 0 Å². The predicted molar refractivity (Wildman–Crippen MR) is 80.9 cm³/mol. The second-order valence-corrected chi connectivity index (χ2v) is 7.02. The van der Waals surface area contributed by atoms with Gasteiger partial charge in [0.05, 0.1) is 5.60 Å². The molecule has 2 heterocycles. The van der Waals surface area contributed by atoms with Gasteiger partial charge in [0.2, 0.25) is 0 Å². The number of rotatable bonds is 4. The second-order valence-electron chi connectivity index (χ2n) is 7.02. The van der Waals surface area contributed by atoms with Crippen molar-refractivity contribution in [3.8, 4) is 0 Å². The molecule has 1 saturated carbocycles. The van der Waals surface area contributed by atoms with E-state index in [0.717, 1.165) is 57.1 Å². The Morgan fingerprint density at radius 2 is 1.80 bits per heavy atom. The minimum absolute atomic E-state index is 0.146. The minimum Gasteiger partial charge on any atom is -0.381 e. The first-order chi connectivity index (χ1) is 9.83. The van der Waals surface area contributed by atoms with E-state index in [1.165, 1.54) is 38.5 Å².